The average Bonchev–Trinajstić information content (AvgIpc) is 2.46. The number of carbonyl (C=O) groups is 1. The molecular weight excluding hydrogens is 232 g/mol. The van der Waals surface area contributed by atoms with E-state index >= 15 is 0 Å². The second kappa shape index (κ2) is 6.14. The highest BCUT2D eigenvalue weighted by Crippen LogP contribution is 2.11. The average molecular weight is 250 g/mol. The molecule has 1 nitrogen and oxygen atoms in total. The van der Waals surface area contributed by atoms with Crippen molar-refractivity contribution in [3.05, 3.63) is 70.8 Å². The first kappa shape index (κ1) is 13.3. The van der Waals surface area contributed by atoms with E-state index in [1.165, 1.54) is 11.1 Å². The molecule has 96 valence electrons. The maximum absolute atomic E-state index is 11.2. The summed E-state index contributed by atoms with van der Waals surface area (Å²) in [5.41, 5.74) is 4.39. The van der Waals surface area contributed by atoms with Crippen molar-refractivity contribution in [2.24, 2.45) is 0 Å². The summed E-state index contributed by atoms with van der Waals surface area (Å²) in [5.74, 6) is 0.102. The molecule has 2 aromatic rings. The Hall–Kier alpha value is -2.15. The van der Waals surface area contributed by atoms with Crippen molar-refractivity contribution < 1.29 is 4.79 Å². The molecule has 19 heavy (non-hydrogen) atoms. The topological polar surface area (TPSA) is 17.1 Å². The number of hydrogen-bond donors (Lipinski definition) is 0. The molecule has 0 heterocycles. The van der Waals surface area contributed by atoms with E-state index in [1.54, 1.807) is 6.92 Å². The Morgan fingerprint density at radius 1 is 0.895 bits per heavy atom. The lowest BCUT2D eigenvalue weighted by molar-refractivity contribution is 0.101. The summed E-state index contributed by atoms with van der Waals surface area (Å²) in [6.07, 6.45) is 5.21. The number of carbonyl (C=O) groups excluding carboxylic acids is 1. The van der Waals surface area contributed by atoms with Crippen molar-refractivity contribution in [2.75, 3.05) is 0 Å². The van der Waals surface area contributed by atoms with Crippen LogP contribution in [0.1, 0.15) is 40.9 Å². The van der Waals surface area contributed by atoms with Gasteiger partial charge in [0.1, 0.15) is 0 Å². The fraction of sp³-hybridized carbons (Fsp3) is 0.167. The zero-order chi connectivity index (χ0) is 13.7. The number of hydrogen-bond acceptors (Lipinski definition) is 1. The summed E-state index contributed by atoms with van der Waals surface area (Å²) < 4.78 is 0. The first-order valence-corrected chi connectivity index (χ1v) is 6.57. The Morgan fingerprint density at radius 3 is 1.79 bits per heavy atom. The fourth-order valence-corrected chi connectivity index (χ4v) is 1.89. The van der Waals surface area contributed by atoms with Gasteiger partial charge in [-0.3, -0.25) is 4.79 Å². The summed E-state index contributed by atoms with van der Waals surface area (Å²) in [6, 6.07) is 16.2. The van der Waals surface area contributed by atoms with Crippen molar-refractivity contribution in [3.8, 4) is 0 Å². The summed E-state index contributed by atoms with van der Waals surface area (Å²) in [5, 5.41) is 0. The number of aryl methyl sites for hydroxylation is 1. The van der Waals surface area contributed by atoms with Crippen molar-refractivity contribution in [2.45, 2.75) is 20.3 Å². The van der Waals surface area contributed by atoms with Gasteiger partial charge in [0.2, 0.25) is 0 Å². The van der Waals surface area contributed by atoms with E-state index in [0.717, 1.165) is 17.5 Å². The third kappa shape index (κ3) is 3.65. The van der Waals surface area contributed by atoms with E-state index in [0.29, 0.717) is 0 Å². The van der Waals surface area contributed by atoms with Crippen LogP contribution in [-0.4, -0.2) is 5.78 Å². The summed E-state index contributed by atoms with van der Waals surface area (Å²) in [4.78, 5) is 11.2. The molecule has 0 radical (unpaired) electrons. The van der Waals surface area contributed by atoms with Gasteiger partial charge in [0.05, 0.1) is 0 Å². The van der Waals surface area contributed by atoms with Crippen LogP contribution < -0.4 is 0 Å². The molecule has 0 saturated carbocycles. The Morgan fingerprint density at radius 2 is 1.37 bits per heavy atom. The lowest BCUT2D eigenvalue weighted by Crippen LogP contribution is -1.90. The van der Waals surface area contributed by atoms with E-state index < -0.39 is 0 Å². The van der Waals surface area contributed by atoms with Gasteiger partial charge in [-0.2, -0.15) is 0 Å². The highest BCUT2D eigenvalue weighted by Gasteiger charge is 1.97. The molecule has 0 spiro atoms. The molecule has 0 N–H and O–H groups in total. The number of Topliss-reactive ketones (excluding diaryl/α,β-unsaturated/α-hetero) is 1. The van der Waals surface area contributed by atoms with Gasteiger partial charge in [0, 0.05) is 5.56 Å². The van der Waals surface area contributed by atoms with Crippen molar-refractivity contribution >= 4 is 17.9 Å². The van der Waals surface area contributed by atoms with Crippen LogP contribution in [0.15, 0.2) is 48.5 Å². The second-order valence-electron chi connectivity index (χ2n) is 4.61. The summed E-state index contributed by atoms with van der Waals surface area (Å²) in [6.45, 7) is 3.74. The highest BCUT2D eigenvalue weighted by molar-refractivity contribution is 5.94. The van der Waals surface area contributed by atoms with Crippen LogP contribution in [-0.2, 0) is 6.42 Å². The fourth-order valence-electron chi connectivity index (χ4n) is 1.89. The largest absolute Gasteiger partial charge is 0.295 e. The van der Waals surface area contributed by atoms with Crippen molar-refractivity contribution in [1.29, 1.82) is 0 Å². The molecule has 0 amide bonds. The van der Waals surface area contributed by atoms with Crippen molar-refractivity contribution in [3.63, 3.8) is 0 Å². The monoisotopic (exact) mass is 250 g/mol. The Balaban J connectivity index is 2.10. The van der Waals surface area contributed by atoms with Gasteiger partial charge in [-0.05, 0) is 30.0 Å². The molecule has 2 rings (SSSR count). The van der Waals surface area contributed by atoms with Gasteiger partial charge in [-0.1, -0.05) is 67.6 Å². The van der Waals surface area contributed by atoms with E-state index in [1.807, 2.05) is 24.3 Å². The Kier molecular flexibility index (Phi) is 4.30. The minimum atomic E-state index is 0.102. The first-order valence-electron chi connectivity index (χ1n) is 6.57. The van der Waals surface area contributed by atoms with E-state index in [4.69, 9.17) is 0 Å². The molecule has 0 aliphatic rings. The van der Waals surface area contributed by atoms with Crippen LogP contribution in [0, 0.1) is 0 Å². The van der Waals surface area contributed by atoms with Gasteiger partial charge in [0.15, 0.2) is 5.78 Å². The summed E-state index contributed by atoms with van der Waals surface area (Å²) >= 11 is 0. The van der Waals surface area contributed by atoms with Crippen molar-refractivity contribution in [1.82, 2.24) is 0 Å². The molecule has 0 fully saturated rings. The quantitative estimate of drug-likeness (QED) is 0.571. The van der Waals surface area contributed by atoms with Crippen LogP contribution >= 0.6 is 0 Å². The van der Waals surface area contributed by atoms with Gasteiger partial charge in [0.25, 0.3) is 0 Å². The smallest absolute Gasteiger partial charge is 0.159 e. The van der Waals surface area contributed by atoms with Gasteiger partial charge in [-0.15, -0.1) is 0 Å². The van der Waals surface area contributed by atoms with Crippen LogP contribution in [0.2, 0.25) is 0 Å². The standard InChI is InChI=1S/C18H18O/c1-3-15-4-6-16(7-5-15)8-9-17-10-12-18(13-11-17)14(2)19/h4-13H,3H2,1-2H3/b9-8+. The zero-order valence-electron chi connectivity index (χ0n) is 11.4. The Labute approximate surface area is 114 Å². The molecule has 0 aromatic heterocycles. The summed E-state index contributed by atoms with van der Waals surface area (Å²) in [7, 11) is 0. The molecule has 2 aromatic carbocycles. The van der Waals surface area contributed by atoms with Crippen LogP contribution in [0.5, 0.6) is 0 Å². The molecule has 0 aliphatic heterocycles. The van der Waals surface area contributed by atoms with Gasteiger partial charge >= 0.3 is 0 Å². The van der Waals surface area contributed by atoms with E-state index in [9.17, 15) is 4.79 Å². The third-order valence-electron chi connectivity index (χ3n) is 3.17. The minimum absolute atomic E-state index is 0.102. The lowest BCUT2D eigenvalue weighted by atomic mass is 10.1. The maximum Gasteiger partial charge on any atom is 0.159 e. The highest BCUT2D eigenvalue weighted by atomic mass is 16.1. The minimum Gasteiger partial charge on any atom is -0.295 e. The normalized spacial score (nSPS) is 10.8. The number of ketones is 1. The SMILES string of the molecule is CCc1ccc(/C=C/c2ccc(C(C)=O)cc2)cc1. The molecule has 0 unspecified atom stereocenters. The third-order valence-corrected chi connectivity index (χ3v) is 3.17. The number of benzene rings is 2. The maximum atomic E-state index is 11.2. The van der Waals surface area contributed by atoms with Gasteiger partial charge in [-0.25, -0.2) is 0 Å². The Bertz CT molecular complexity index is 574. The molecule has 1 heteroatoms. The van der Waals surface area contributed by atoms with Crippen LogP contribution in [0.25, 0.3) is 12.2 Å². The second-order valence-corrected chi connectivity index (χ2v) is 4.61. The lowest BCUT2D eigenvalue weighted by Gasteiger charge is -1.99. The predicted molar refractivity (Wildman–Crippen MR) is 81.2 cm³/mol. The molecular formula is C18H18O. The van der Waals surface area contributed by atoms with Crippen LogP contribution in [0.3, 0.4) is 0 Å². The van der Waals surface area contributed by atoms with Crippen LogP contribution in [0.4, 0.5) is 0 Å². The molecule has 0 aliphatic carbocycles. The number of rotatable bonds is 4. The molecule has 0 saturated heterocycles. The molecule has 0 atom stereocenters. The molecule has 0 bridgehead atoms. The van der Waals surface area contributed by atoms with E-state index in [-0.39, 0.29) is 5.78 Å². The predicted octanol–water partition coefficient (Wildman–Crippen LogP) is 4.62. The zero-order valence-corrected chi connectivity index (χ0v) is 11.4. The first-order chi connectivity index (χ1) is 9.19. The van der Waals surface area contributed by atoms with Gasteiger partial charge < -0.3 is 0 Å². The van der Waals surface area contributed by atoms with E-state index in [2.05, 4.69) is 43.3 Å².